The van der Waals surface area contributed by atoms with Crippen molar-refractivity contribution in [1.29, 1.82) is 0 Å². The molecule has 1 aromatic rings. The SMILES string of the molecule is CNCc1coc(N(C)C2CCCCC2)n1. The maximum Gasteiger partial charge on any atom is 0.297 e. The van der Waals surface area contributed by atoms with Gasteiger partial charge in [-0.25, -0.2) is 0 Å². The lowest BCUT2D eigenvalue weighted by Crippen LogP contribution is -2.33. The smallest absolute Gasteiger partial charge is 0.297 e. The summed E-state index contributed by atoms with van der Waals surface area (Å²) >= 11 is 0. The standard InChI is InChI=1S/C12H21N3O/c1-13-8-10-9-16-12(14-10)15(2)11-6-4-3-5-7-11/h9,11,13H,3-8H2,1-2H3. The van der Waals surface area contributed by atoms with Crippen LogP contribution < -0.4 is 10.2 Å². The van der Waals surface area contributed by atoms with Gasteiger partial charge in [-0.1, -0.05) is 19.3 Å². The number of oxazole rings is 1. The summed E-state index contributed by atoms with van der Waals surface area (Å²) in [6, 6.07) is 1.37. The Morgan fingerprint density at radius 2 is 2.19 bits per heavy atom. The molecule has 1 aromatic heterocycles. The summed E-state index contributed by atoms with van der Waals surface area (Å²) in [5, 5.41) is 3.07. The van der Waals surface area contributed by atoms with Gasteiger partial charge in [-0.3, -0.25) is 0 Å². The van der Waals surface area contributed by atoms with Crippen molar-refractivity contribution in [3.63, 3.8) is 0 Å². The fraction of sp³-hybridized carbons (Fsp3) is 0.750. The number of anilines is 1. The zero-order chi connectivity index (χ0) is 11.4. The third-order valence-corrected chi connectivity index (χ3v) is 3.32. The molecule has 1 aliphatic rings. The Hall–Kier alpha value is -1.03. The summed E-state index contributed by atoms with van der Waals surface area (Å²) in [4.78, 5) is 6.66. The van der Waals surface area contributed by atoms with Crippen LogP contribution in [0.2, 0.25) is 0 Å². The lowest BCUT2D eigenvalue weighted by molar-refractivity contribution is 0.405. The maximum absolute atomic E-state index is 5.51. The third kappa shape index (κ3) is 2.55. The van der Waals surface area contributed by atoms with Crippen LogP contribution in [0.4, 0.5) is 6.01 Å². The van der Waals surface area contributed by atoms with Gasteiger partial charge in [-0.05, 0) is 19.9 Å². The molecule has 1 heterocycles. The highest BCUT2D eigenvalue weighted by Crippen LogP contribution is 2.25. The molecular formula is C12H21N3O. The summed E-state index contributed by atoms with van der Waals surface area (Å²) in [5.74, 6) is 0. The summed E-state index contributed by atoms with van der Waals surface area (Å²) in [6.07, 6.45) is 8.31. The minimum atomic E-state index is 0.606. The molecule has 1 saturated carbocycles. The van der Waals surface area contributed by atoms with E-state index in [1.807, 2.05) is 7.05 Å². The summed E-state index contributed by atoms with van der Waals surface area (Å²) in [5.41, 5.74) is 0.972. The van der Waals surface area contributed by atoms with E-state index in [1.165, 1.54) is 32.1 Å². The quantitative estimate of drug-likeness (QED) is 0.849. The van der Waals surface area contributed by atoms with E-state index in [1.54, 1.807) is 6.26 Å². The average Bonchev–Trinajstić information content (AvgIpc) is 2.78. The van der Waals surface area contributed by atoms with Crippen LogP contribution in [0.15, 0.2) is 10.7 Å². The highest BCUT2D eigenvalue weighted by molar-refractivity contribution is 5.27. The molecule has 16 heavy (non-hydrogen) atoms. The third-order valence-electron chi connectivity index (χ3n) is 3.32. The normalized spacial score (nSPS) is 17.6. The Morgan fingerprint density at radius 1 is 1.44 bits per heavy atom. The predicted octanol–water partition coefficient (Wildman–Crippen LogP) is 2.16. The van der Waals surface area contributed by atoms with E-state index in [-0.39, 0.29) is 0 Å². The fourth-order valence-electron chi connectivity index (χ4n) is 2.35. The van der Waals surface area contributed by atoms with Crippen molar-refractivity contribution in [2.45, 2.75) is 44.7 Å². The molecule has 0 bridgehead atoms. The van der Waals surface area contributed by atoms with Crippen LogP contribution in [0.5, 0.6) is 0 Å². The van der Waals surface area contributed by atoms with Crippen molar-refractivity contribution in [3.05, 3.63) is 12.0 Å². The molecule has 0 amide bonds. The van der Waals surface area contributed by atoms with Crippen LogP contribution in [0, 0.1) is 0 Å². The van der Waals surface area contributed by atoms with Gasteiger partial charge in [0.05, 0.1) is 5.69 Å². The van der Waals surface area contributed by atoms with Gasteiger partial charge < -0.3 is 14.6 Å². The Balaban J connectivity index is 1.98. The Kier molecular flexibility index (Phi) is 3.83. The van der Waals surface area contributed by atoms with E-state index >= 15 is 0 Å². The monoisotopic (exact) mass is 223 g/mol. The lowest BCUT2D eigenvalue weighted by atomic mass is 9.95. The molecule has 1 N–H and O–H groups in total. The molecule has 2 rings (SSSR count). The zero-order valence-electron chi connectivity index (χ0n) is 10.2. The van der Waals surface area contributed by atoms with Gasteiger partial charge in [0, 0.05) is 19.6 Å². The number of hydrogen-bond acceptors (Lipinski definition) is 4. The summed E-state index contributed by atoms with van der Waals surface area (Å²) in [7, 11) is 4.00. The van der Waals surface area contributed by atoms with Gasteiger partial charge in [0.1, 0.15) is 6.26 Å². The van der Waals surface area contributed by atoms with E-state index in [9.17, 15) is 0 Å². The van der Waals surface area contributed by atoms with Crippen molar-refractivity contribution in [2.24, 2.45) is 0 Å². The Bertz CT molecular complexity index is 318. The topological polar surface area (TPSA) is 41.3 Å². The molecule has 0 atom stereocenters. The number of rotatable bonds is 4. The molecule has 0 aromatic carbocycles. The van der Waals surface area contributed by atoms with Crippen molar-refractivity contribution in [3.8, 4) is 0 Å². The van der Waals surface area contributed by atoms with Crippen LogP contribution >= 0.6 is 0 Å². The van der Waals surface area contributed by atoms with Crippen molar-refractivity contribution >= 4 is 6.01 Å². The second-order valence-electron chi connectivity index (χ2n) is 4.55. The second-order valence-corrected chi connectivity index (χ2v) is 4.55. The van der Waals surface area contributed by atoms with Crippen LogP contribution in [0.25, 0.3) is 0 Å². The minimum absolute atomic E-state index is 0.606. The maximum atomic E-state index is 5.51. The number of nitrogens with zero attached hydrogens (tertiary/aromatic N) is 2. The molecule has 0 spiro atoms. The first-order valence-electron chi connectivity index (χ1n) is 6.13. The first-order valence-corrected chi connectivity index (χ1v) is 6.13. The van der Waals surface area contributed by atoms with Crippen molar-refractivity contribution in [2.75, 3.05) is 19.0 Å². The van der Waals surface area contributed by atoms with Gasteiger partial charge >= 0.3 is 0 Å². The van der Waals surface area contributed by atoms with E-state index in [4.69, 9.17) is 4.42 Å². The average molecular weight is 223 g/mol. The Labute approximate surface area is 97.0 Å². The lowest BCUT2D eigenvalue weighted by Gasteiger charge is -2.29. The number of nitrogens with one attached hydrogen (secondary N) is 1. The molecule has 0 unspecified atom stereocenters. The molecule has 4 heteroatoms. The highest BCUT2D eigenvalue weighted by atomic mass is 16.4. The minimum Gasteiger partial charge on any atom is -0.432 e. The molecular weight excluding hydrogens is 202 g/mol. The van der Waals surface area contributed by atoms with Crippen molar-refractivity contribution < 1.29 is 4.42 Å². The molecule has 0 radical (unpaired) electrons. The van der Waals surface area contributed by atoms with Crippen LogP contribution in [-0.2, 0) is 6.54 Å². The van der Waals surface area contributed by atoms with Crippen molar-refractivity contribution in [1.82, 2.24) is 10.3 Å². The molecule has 1 fully saturated rings. The van der Waals surface area contributed by atoms with Crippen LogP contribution in [0.3, 0.4) is 0 Å². The Morgan fingerprint density at radius 3 is 2.88 bits per heavy atom. The van der Waals surface area contributed by atoms with Gasteiger partial charge in [-0.15, -0.1) is 0 Å². The summed E-state index contributed by atoms with van der Waals surface area (Å²) < 4.78 is 5.51. The highest BCUT2D eigenvalue weighted by Gasteiger charge is 2.21. The second kappa shape index (κ2) is 5.34. The zero-order valence-corrected chi connectivity index (χ0v) is 10.2. The van der Waals surface area contributed by atoms with E-state index in [0.29, 0.717) is 6.04 Å². The van der Waals surface area contributed by atoms with Crippen LogP contribution in [0.1, 0.15) is 37.8 Å². The van der Waals surface area contributed by atoms with Gasteiger partial charge in [0.15, 0.2) is 0 Å². The summed E-state index contributed by atoms with van der Waals surface area (Å²) in [6.45, 7) is 0.766. The molecule has 90 valence electrons. The van der Waals surface area contributed by atoms with E-state index in [2.05, 4.69) is 22.2 Å². The van der Waals surface area contributed by atoms with Gasteiger partial charge in [0.2, 0.25) is 0 Å². The largest absolute Gasteiger partial charge is 0.432 e. The van der Waals surface area contributed by atoms with E-state index < -0.39 is 0 Å². The first-order chi connectivity index (χ1) is 7.81. The van der Waals surface area contributed by atoms with Crippen LogP contribution in [-0.4, -0.2) is 25.1 Å². The molecule has 4 nitrogen and oxygen atoms in total. The molecule has 0 saturated heterocycles. The number of aromatic nitrogens is 1. The molecule has 0 aliphatic heterocycles. The van der Waals surface area contributed by atoms with Gasteiger partial charge in [0.25, 0.3) is 6.01 Å². The fourth-order valence-corrected chi connectivity index (χ4v) is 2.35. The van der Waals surface area contributed by atoms with E-state index in [0.717, 1.165) is 18.3 Å². The number of hydrogen-bond donors (Lipinski definition) is 1. The molecule has 1 aliphatic carbocycles. The first kappa shape index (κ1) is 11.5. The predicted molar refractivity (Wildman–Crippen MR) is 64.5 cm³/mol. The van der Waals surface area contributed by atoms with Gasteiger partial charge in [-0.2, -0.15) is 4.98 Å².